The summed E-state index contributed by atoms with van der Waals surface area (Å²) in [6, 6.07) is 0.761. The molecule has 3 heteroatoms. The molecule has 2 fully saturated rings. The number of hydrogen-bond donors (Lipinski definition) is 2. The van der Waals surface area contributed by atoms with E-state index in [2.05, 4.69) is 24.5 Å². The SMILES string of the molecule is CC(C)CNC(=O)[C@@H]1C[C@H]2C[C@H]2N1. The zero-order valence-electron chi connectivity index (χ0n) is 8.34. The lowest BCUT2D eigenvalue weighted by atomic mass is 10.1. The molecule has 3 nitrogen and oxygen atoms in total. The second-order valence-corrected chi connectivity index (χ2v) is 4.70. The highest BCUT2D eigenvalue weighted by Crippen LogP contribution is 2.40. The van der Waals surface area contributed by atoms with E-state index in [4.69, 9.17) is 0 Å². The number of fused-ring (bicyclic) bond motifs is 1. The van der Waals surface area contributed by atoms with Gasteiger partial charge in [-0.3, -0.25) is 4.79 Å². The fourth-order valence-electron chi connectivity index (χ4n) is 1.95. The van der Waals surface area contributed by atoms with Crippen molar-refractivity contribution in [1.29, 1.82) is 0 Å². The Kier molecular flexibility index (Phi) is 2.28. The van der Waals surface area contributed by atoms with Gasteiger partial charge < -0.3 is 10.6 Å². The molecule has 0 radical (unpaired) electrons. The lowest BCUT2D eigenvalue weighted by Crippen LogP contribution is -2.43. The molecule has 0 bridgehead atoms. The second-order valence-electron chi connectivity index (χ2n) is 4.70. The number of carbonyl (C=O) groups is 1. The summed E-state index contributed by atoms with van der Waals surface area (Å²) in [5, 5.41) is 6.30. The van der Waals surface area contributed by atoms with Crippen molar-refractivity contribution in [3.8, 4) is 0 Å². The van der Waals surface area contributed by atoms with Gasteiger partial charge in [0.25, 0.3) is 0 Å². The highest BCUT2D eigenvalue weighted by atomic mass is 16.2. The van der Waals surface area contributed by atoms with Gasteiger partial charge in [-0.1, -0.05) is 13.8 Å². The van der Waals surface area contributed by atoms with Crippen LogP contribution in [0.1, 0.15) is 26.7 Å². The lowest BCUT2D eigenvalue weighted by molar-refractivity contribution is -0.123. The standard InChI is InChI=1S/C10H18N2O/c1-6(2)5-11-10(13)9-4-7-3-8(7)12-9/h6-9,12H,3-5H2,1-2H3,(H,11,13)/t7-,8-,9+/m1/s1. The molecule has 1 amide bonds. The fourth-order valence-corrected chi connectivity index (χ4v) is 1.95. The van der Waals surface area contributed by atoms with Crippen LogP contribution in [0, 0.1) is 11.8 Å². The first kappa shape index (κ1) is 9.00. The summed E-state index contributed by atoms with van der Waals surface area (Å²) in [7, 11) is 0. The Balaban J connectivity index is 1.71. The Bertz CT molecular complexity index is 205. The third-order valence-electron chi connectivity index (χ3n) is 2.88. The second kappa shape index (κ2) is 3.29. The highest BCUT2D eigenvalue weighted by molar-refractivity contribution is 5.82. The van der Waals surface area contributed by atoms with E-state index in [1.807, 2.05) is 0 Å². The van der Waals surface area contributed by atoms with Gasteiger partial charge in [-0.25, -0.2) is 0 Å². The van der Waals surface area contributed by atoms with E-state index >= 15 is 0 Å². The fraction of sp³-hybridized carbons (Fsp3) is 0.900. The third kappa shape index (κ3) is 2.02. The Hall–Kier alpha value is -0.570. The van der Waals surface area contributed by atoms with Crippen molar-refractivity contribution in [2.24, 2.45) is 11.8 Å². The summed E-state index contributed by atoms with van der Waals surface area (Å²) < 4.78 is 0. The predicted molar refractivity (Wildman–Crippen MR) is 51.3 cm³/mol. The molecule has 2 rings (SSSR count). The average molecular weight is 182 g/mol. The van der Waals surface area contributed by atoms with E-state index in [1.165, 1.54) is 6.42 Å². The molecular weight excluding hydrogens is 164 g/mol. The van der Waals surface area contributed by atoms with E-state index in [0.717, 1.165) is 18.9 Å². The van der Waals surface area contributed by atoms with Crippen molar-refractivity contribution in [2.45, 2.75) is 38.8 Å². The third-order valence-corrected chi connectivity index (χ3v) is 2.88. The Labute approximate surface area is 79.3 Å². The molecule has 1 saturated carbocycles. The minimum atomic E-state index is 0.0995. The van der Waals surface area contributed by atoms with Crippen molar-refractivity contribution in [2.75, 3.05) is 6.54 Å². The summed E-state index contributed by atoms with van der Waals surface area (Å²) in [5.41, 5.74) is 0. The van der Waals surface area contributed by atoms with Gasteiger partial charge in [0.05, 0.1) is 6.04 Å². The minimum absolute atomic E-state index is 0.0995. The molecular formula is C10H18N2O. The summed E-state index contributed by atoms with van der Waals surface area (Å²) >= 11 is 0. The summed E-state index contributed by atoms with van der Waals surface area (Å²) in [6.07, 6.45) is 2.34. The summed E-state index contributed by atoms with van der Waals surface area (Å²) in [4.78, 5) is 11.5. The van der Waals surface area contributed by atoms with Gasteiger partial charge in [-0.2, -0.15) is 0 Å². The summed E-state index contributed by atoms with van der Waals surface area (Å²) in [6.45, 7) is 5.02. The summed E-state index contributed by atoms with van der Waals surface area (Å²) in [5.74, 6) is 1.54. The van der Waals surface area contributed by atoms with Crippen LogP contribution in [0.25, 0.3) is 0 Å². The smallest absolute Gasteiger partial charge is 0.237 e. The topological polar surface area (TPSA) is 41.1 Å². The van der Waals surface area contributed by atoms with E-state index in [1.54, 1.807) is 0 Å². The molecule has 0 aromatic rings. The Morgan fingerprint density at radius 1 is 1.54 bits per heavy atom. The molecule has 1 heterocycles. The van der Waals surface area contributed by atoms with Crippen molar-refractivity contribution in [3.63, 3.8) is 0 Å². The molecule has 2 N–H and O–H groups in total. The quantitative estimate of drug-likeness (QED) is 0.667. The molecule has 0 unspecified atom stereocenters. The Morgan fingerprint density at radius 2 is 2.31 bits per heavy atom. The number of carbonyl (C=O) groups excluding carboxylic acids is 1. The van der Waals surface area contributed by atoms with E-state index in [-0.39, 0.29) is 11.9 Å². The molecule has 0 aromatic heterocycles. The monoisotopic (exact) mass is 182 g/mol. The molecule has 3 atom stereocenters. The highest BCUT2D eigenvalue weighted by Gasteiger charge is 2.47. The maximum atomic E-state index is 11.5. The van der Waals surface area contributed by atoms with Gasteiger partial charge in [0.2, 0.25) is 5.91 Å². The van der Waals surface area contributed by atoms with E-state index in [9.17, 15) is 4.79 Å². The molecule has 0 spiro atoms. The van der Waals surface area contributed by atoms with Gasteiger partial charge >= 0.3 is 0 Å². The van der Waals surface area contributed by atoms with Crippen LogP contribution < -0.4 is 10.6 Å². The zero-order valence-corrected chi connectivity index (χ0v) is 8.34. The number of piperidine rings is 1. The first-order valence-electron chi connectivity index (χ1n) is 5.20. The normalized spacial score (nSPS) is 36.1. The van der Waals surface area contributed by atoms with Crippen molar-refractivity contribution in [3.05, 3.63) is 0 Å². The lowest BCUT2D eigenvalue weighted by Gasteiger charge is -2.14. The molecule has 74 valence electrons. The van der Waals surface area contributed by atoms with Crippen LogP contribution in [0.2, 0.25) is 0 Å². The van der Waals surface area contributed by atoms with Crippen LogP contribution in [0.5, 0.6) is 0 Å². The number of rotatable bonds is 3. The molecule has 2 aliphatic rings. The number of hydrogen-bond acceptors (Lipinski definition) is 2. The van der Waals surface area contributed by atoms with Gasteiger partial charge in [0.1, 0.15) is 0 Å². The van der Waals surface area contributed by atoms with Crippen LogP contribution in [-0.4, -0.2) is 24.5 Å². The first-order valence-corrected chi connectivity index (χ1v) is 5.20. The molecule has 0 aromatic carbocycles. The van der Waals surface area contributed by atoms with Crippen LogP contribution in [-0.2, 0) is 4.79 Å². The minimum Gasteiger partial charge on any atom is -0.354 e. The number of amides is 1. The maximum absolute atomic E-state index is 11.5. The zero-order chi connectivity index (χ0) is 9.42. The molecule has 1 aliphatic heterocycles. The van der Waals surface area contributed by atoms with Crippen LogP contribution >= 0.6 is 0 Å². The van der Waals surface area contributed by atoms with Crippen molar-refractivity contribution >= 4 is 5.91 Å². The van der Waals surface area contributed by atoms with Gasteiger partial charge in [-0.15, -0.1) is 0 Å². The van der Waals surface area contributed by atoms with Gasteiger partial charge in [0, 0.05) is 12.6 Å². The van der Waals surface area contributed by atoms with Crippen LogP contribution in [0.3, 0.4) is 0 Å². The molecule has 1 saturated heterocycles. The van der Waals surface area contributed by atoms with Gasteiger partial charge in [-0.05, 0) is 24.7 Å². The average Bonchev–Trinajstić information content (AvgIpc) is 2.69. The molecule has 13 heavy (non-hydrogen) atoms. The maximum Gasteiger partial charge on any atom is 0.237 e. The largest absolute Gasteiger partial charge is 0.354 e. The predicted octanol–water partition coefficient (Wildman–Crippen LogP) is 0.509. The van der Waals surface area contributed by atoms with Crippen molar-refractivity contribution < 1.29 is 4.79 Å². The van der Waals surface area contributed by atoms with Crippen LogP contribution in [0.4, 0.5) is 0 Å². The molecule has 1 aliphatic carbocycles. The van der Waals surface area contributed by atoms with Gasteiger partial charge in [0.15, 0.2) is 0 Å². The Morgan fingerprint density at radius 3 is 2.85 bits per heavy atom. The number of nitrogens with one attached hydrogen (secondary N) is 2. The van der Waals surface area contributed by atoms with Crippen molar-refractivity contribution in [1.82, 2.24) is 10.6 Å². The first-order chi connectivity index (χ1) is 6.16. The van der Waals surface area contributed by atoms with E-state index in [0.29, 0.717) is 12.0 Å². The van der Waals surface area contributed by atoms with Crippen LogP contribution in [0.15, 0.2) is 0 Å². The van der Waals surface area contributed by atoms with E-state index < -0.39 is 0 Å².